The Morgan fingerprint density at radius 1 is 1.11 bits per heavy atom. The van der Waals surface area contributed by atoms with Crippen LogP contribution < -0.4 is 0 Å². The van der Waals surface area contributed by atoms with E-state index in [4.69, 9.17) is 4.43 Å². The lowest BCUT2D eigenvalue weighted by atomic mass is 10.3. The molecule has 0 N–H and O–H groups in total. The number of carbonyl (C=O) groups excluding carboxylic acids is 1. The number of aldehydes is 1. The van der Waals surface area contributed by atoms with E-state index < -0.39 is 8.32 Å². The van der Waals surface area contributed by atoms with Gasteiger partial charge in [-0.2, -0.15) is 0 Å². The summed E-state index contributed by atoms with van der Waals surface area (Å²) in [6.45, 7) is 15.4. The molecule has 0 aromatic carbocycles. The molecule has 0 radical (unpaired) electrons. The fourth-order valence-corrected chi connectivity index (χ4v) is 8.76. The third-order valence-corrected chi connectivity index (χ3v) is 10.3. The van der Waals surface area contributed by atoms with Gasteiger partial charge in [0, 0.05) is 0 Å². The van der Waals surface area contributed by atoms with E-state index in [0.29, 0.717) is 23.0 Å². The highest BCUT2D eigenvalue weighted by Crippen LogP contribution is 2.43. The first-order valence-electron chi connectivity index (χ1n) is 7.13. The summed E-state index contributed by atoms with van der Waals surface area (Å²) in [6.07, 6.45) is 3.31. The summed E-state index contributed by atoms with van der Waals surface area (Å²) in [6, 6.07) is 0. The molecule has 0 bridgehead atoms. The zero-order valence-electron chi connectivity index (χ0n) is 13.4. The van der Waals surface area contributed by atoms with Crippen molar-refractivity contribution in [3.05, 3.63) is 10.6 Å². The van der Waals surface area contributed by atoms with Crippen molar-refractivity contribution in [2.45, 2.75) is 77.6 Å². The van der Waals surface area contributed by atoms with E-state index in [1.165, 1.54) is 0 Å². The Balaban J connectivity index is 5.18. The lowest BCUT2D eigenvalue weighted by molar-refractivity contribution is -0.114. The quantitative estimate of drug-likeness (QED) is 0.431. The standard InChI is InChI=1S/C15H29BrO2Si/c1-11(2)19(12(3)4,13(5)6)18-15(10-17)9-8-14(7)16/h8,10-13,15H,9H2,1-7H3/b14-8+/t15-/m0/s1. The van der Waals surface area contributed by atoms with Crippen LogP contribution in [0.5, 0.6) is 0 Å². The smallest absolute Gasteiger partial charge is 0.201 e. The highest BCUT2D eigenvalue weighted by atomic mass is 79.9. The van der Waals surface area contributed by atoms with Crippen LogP contribution in [0.1, 0.15) is 54.9 Å². The summed E-state index contributed by atoms with van der Waals surface area (Å²) in [5.41, 5.74) is 1.51. The first-order chi connectivity index (χ1) is 8.68. The number of carbonyl (C=O) groups is 1. The minimum absolute atomic E-state index is 0.314. The molecule has 4 heteroatoms. The van der Waals surface area contributed by atoms with Gasteiger partial charge in [0.25, 0.3) is 0 Å². The molecule has 0 saturated heterocycles. The molecule has 0 amide bonds. The van der Waals surface area contributed by atoms with Gasteiger partial charge in [0.15, 0.2) is 0 Å². The SMILES string of the molecule is C/C(Br)=C\C[C@@H](C=O)O[Si](C(C)C)(C(C)C)C(C)C. The fraction of sp³-hybridized carbons (Fsp3) is 0.800. The van der Waals surface area contributed by atoms with Crippen molar-refractivity contribution >= 4 is 30.5 Å². The molecular formula is C15H29BrO2Si. The van der Waals surface area contributed by atoms with E-state index in [-0.39, 0.29) is 6.10 Å². The van der Waals surface area contributed by atoms with Crippen LogP contribution in [-0.4, -0.2) is 20.7 Å². The van der Waals surface area contributed by atoms with E-state index in [2.05, 4.69) is 57.5 Å². The lowest BCUT2D eigenvalue weighted by Crippen LogP contribution is -2.50. The molecular weight excluding hydrogens is 320 g/mol. The second-order valence-corrected chi connectivity index (χ2v) is 12.8. The molecule has 0 aliphatic heterocycles. The molecule has 112 valence electrons. The molecule has 19 heavy (non-hydrogen) atoms. The number of halogens is 1. The molecule has 0 saturated carbocycles. The number of allylic oxidation sites excluding steroid dienone is 1. The average Bonchev–Trinajstić information content (AvgIpc) is 2.27. The summed E-state index contributed by atoms with van der Waals surface area (Å²) in [5.74, 6) is 0. The van der Waals surface area contributed by atoms with E-state index >= 15 is 0 Å². The minimum Gasteiger partial charge on any atom is -0.406 e. The van der Waals surface area contributed by atoms with E-state index in [1.807, 2.05) is 13.0 Å². The van der Waals surface area contributed by atoms with Gasteiger partial charge in [-0.25, -0.2) is 0 Å². The topological polar surface area (TPSA) is 26.3 Å². The van der Waals surface area contributed by atoms with Gasteiger partial charge in [-0.05, 0) is 34.5 Å². The van der Waals surface area contributed by atoms with Gasteiger partial charge >= 0.3 is 0 Å². The Kier molecular flexibility index (Phi) is 8.40. The molecule has 0 spiro atoms. The Morgan fingerprint density at radius 3 is 1.79 bits per heavy atom. The Morgan fingerprint density at radius 2 is 1.53 bits per heavy atom. The van der Waals surface area contributed by atoms with Crippen LogP contribution >= 0.6 is 15.9 Å². The molecule has 0 unspecified atom stereocenters. The summed E-state index contributed by atoms with van der Waals surface area (Å²) < 4.78 is 7.48. The maximum Gasteiger partial charge on any atom is 0.201 e. The zero-order chi connectivity index (χ0) is 15.2. The molecule has 0 fully saturated rings. The third kappa shape index (κ3) is 5.16. The van der Waals surface area contributed by atoms with Crippen LogP contribution in [0.4, 0.5) is 0 Å². The molecule has 0 aromatic rings. The van der Waals surface area contributed by atoms with Gasteiger partial charge in [0.05, 0.1) is 0 Å². The fourth-order valence-electron chi connectivity index (χ4n) is 3.08. The van der Waals surface area contributed by atoms with Crippen molar-refractivity contribution in [3.63, 3.8) is 0 Å². The molecule has 0 rings (SSSR count). The molecule has 0 aromatic heterocycles. The van der Waals surface area contributed by atoms with Gasteiger partial charge in [-0.3, -0.25) is 0 Å². The predicted molar refractivity (Wildman–Crippen MR) is 89.3 cm³/mol. The summed E-state index contributed by atoms with van der Waals surface area (Å²) >= 11 is 3.40. The minimum atomic E-state index is -1.96. The van der Waals surface area contributed by atoms with Crippen LogP contribution in [0.3, 0.4) is 0 Å². The van der Waals surface area contributed by atoms with Crippen LogP contribution in [-0.2, 0) is 9.22 Å². The largest absolute Gasteiger partial charge is 0.406 e. The maximum atomic E-state index is 11.3. The molecule has 0 aliphatic rings. The van der Waals surface area contributed by atoms with Crippen molar-refractivity contribution < 1.29 is 9.22 Å². The Hall–Kier alpha value is 0.0669. The van der Waals surface area contributed by atoms with Crippen LogP contribution in [0.15, 0.2) is 10.6 Å². The van der Waals surface area contributed by atoms with Crippen molar-refractivity contribution in [2.75, 3.05) is 0 Å². The van der Waals surface area contributed by atoms with E-state index in [9.17, 15) is 4.79 Å². The lowest BCUT2D eigenvalue weighted by Gasteiger charge is -2.43. The molecule has 0 aliphatic carbocycles. The van der Waals surface area contributed by atoms with Gasteiger partial charge in [0.2, 0.25) is 8.32 Å². The Labute approximate surface area is 128 Å². The highest BCUT2D eigenvalue weighted by Gasteiger charge is 2.46. The van der Waals surface area contributed by atoms with Gasteiger partial charge in [-0.15, -0.1) is 0 Å². The van der Waals surface area contributed by atoms with Crippen LogP contribution in [0.2, 0.25) is 16.6 Å². The van der Waals surface area contributed by atoms with Crippen molar-refractivity contribution in [2.24, 2.45) is 0 Å². The van der Waals surface area contributed by atoms with Crippen LogP contribution in [0.25, 0.3) is 0 Å². The van der Waals surface area contributed by atoms with Gasteiger partial charge in [-0.1, -0.05) is 63.5 Å². The molecule has 1 atom stereocenters. The second kappa shape index (κ2) is 8.38. The van der Waals surface area contributed by atoms with Crippen molar-refractivity contribution in [1.29, 1.82) is 0 Å². The van der Waals surface area contributed by atoms with Crippen molar-refractivity contribution in [1.82, 2.24) is 0 Å². The monoisotopic (exact) mass is 348 g/mol. The number of hydrogen-bond donors (Lipinski definition) is 0. The molecule has 2 nitrogen and oxygen atoms in total. The number of rotatable bonds is 8. The Bertz CT molecular complexity index is 285. The summed E-state index contributed by atoms with van der Waals surface area (Å²) in [7, 11) is -1.96. The number of hydrogen-bond acceptors (Lipinski definition) is 2. The summed E-state index contributed by atoms with van der Waals surface area (Å²) in [5, 5.41) is 0. The predicted octanol–water partition coefficient (Wildman–Crippen LogP) is 5.43. The third-order valence-electron chi connectivity index (χ3n) is 3.85. The van der Waals surface area contributed by atoms with Gasteiger partial charge in [0.1, 0.15) is 12.4 Å². The maximum absolute atomic E-state index is 11.3. The van der Waals surface area contributed by atoms with E-state index in [0.717, 1.165) is 10.8 Å². The normalized spacial score (nSPS) is 15.4. The van der Waals surface area contributed by atoms with Gasteiger partial charge < -0.3 is 9.22 Å². The van der Waals surface area contributed by atoms with Crippen molar-refractivity contribution in [3.8, 4) is 0 Å². The first kappa shape index (κ1) is 19.1. The van der Waals surface area contributed by atoms with E-state index in [1.54, 1.807) is 0 Å². The summed E-state index contributed by atoms with van der Waals surface area (Å²) in [4.78, 5) is 11.3. The second-order valence-electron chi connectivity index (χ2n) is 6.14. The highest BCUT2D eigenvalue weighted by molar-refractivity contribution is 9.11. The van der Waals surface area contributed by atoms with Crippen LogP contribution in [0, 0.1) is 0 Å². The zero-order valence-corrected chi connectivity index (χ0v) is 16.0. The first-order valence-corrected chi connectivity index (χ1v) is 10.1. The molecule has 0 heterocycles. The average molecular weight is 349 g/mol.